The molecular formula is C62H46F2N2O3. The van der Waals surface area contributed by atoms with Gasteiger partial charge in [-0.1, -0.05) is 111 Å². The maximum Gasteiger partial charge on any atom is 0.159 e. The van der Waals surface area contributed by atoms with Crippen molar-refractivity contribution < 1.29 is 22.0 Å². The number of hydrogen-bond acceptors (Lipinski definition) is 5. The van der Waals surface area contributed by atoms with E-state index in [1.165, 1.54) is 86.8 Å². The van der Waals surface area contributed by atoms with Crippen LogP contribution in [0.1, 0.15) is 74.3 Å². The van der Waals surface area contributed by atoms with Crippen molar-refractivity contribution in [3.8, 4) is 0 Å². The molecule has 0 spiro atoms. The van der Waals surface area contributed by atoms with E-state index in [0.29, 0.717) is 23.0 Å². The number of benzene rings is 9. The van der Waals surface area contributed by atoms with Gasteiger partial charge in [-0.3, -0.25) is 0 Å². The molecule has 2 fully saturated rings. The van der Waals surface area contributed by atoms with Crippen molar-refractivity contribution in [1.82, 2.24) is 0 Å². The standard InChI is InChI=1S/C62H46F2N2O3/c63-39-25-29-41(30-26-39)65(53-23-9-21-50-48-19-7-17-44(37-11-1-2-12-37)59(48)68-61(50)53)43-33-34-52-56(35-43)67-57-36-55(46-15-5-6-16-47(46)58(52)57)66(42-31-27-40(64)28-32-42)54-24-10-22-51-49-20-8-18-45(38-13-3-4-14-38)60(49)69-62(51)54/h5-10,15-38H,1-4,11-14H2. The lowest BCUT2D eigenvalue weighted by atomic mass is 9.95. The van der Waals surface area contributed by atoms with Gasteiger partial charge in [0.25, 0.3) is 0 Å². The summed E-state index contributed by atoms with van der Waals surface area (Å²) in [6.45, 7) is 0. The molecule has 3 aromatic heterocycles. The van der Waals surface area contributed by atoms with Crippen molar-refractivity contribution in [2.45, 2.75) is 63.2 Å². The quantitative estimate of drug-likeness (QED) is 0.152. The van der Waals surface area contributed by atoms with Gasteiger partial charge < -0.3 is 23.1 Å². The minimum atomic E-state index is -0.310. The van der Waals surface area contributed by atoms with Crippen LogP contribution in [0, 0.1) is 11.6 Å². The molecule has 12 aromatic rings. The second kappa shape index (κ2) is 15.8. The van der Waals surface area contributed by atoms with Gasteiger partial charge in [0.05, 0.1) is 22.7 Å². The highest BCUT2D eigenvalue weighted by molar-refractivity contribution is 6.23. The van der Waals surface area contributed by atoms with Crippen LogP contribution in [0.2, 0.25) is 0 Å². The van der Waals surface area contributed by atoms with Crippen molar-refractivity contribution in [1.29, 1.82) is 0 Å². The molecule has 69 heavy (non-hydrogen) atoms. The minimum absolute atomic E-state index is 0.308. The van der Waals surface area contributed by atoms with E-state index < -0.39 is 0 Å². The zero-order valence-electron chi connectivity index (χ0n) is 37.9. The lowest BCUT2D eigenvalue weighted by Gasteiger charge is -2.27. The van der Waals surface area contributed by atoms with Crippen LogP contribution in [-0.2, 0) is 0 Å². The predicted octanol–water partition coefficient (Wildman–Crippen LogP) is 19.1. The fraction of sp³-hybridized carbons (Fsp3) is 0.161. The molecule has 0 saturated heterocycles. The summed E-state index contributed by atoms with van der Waals surface area (Å²) in [5.41, 5.74) is 12.4. The van der Waals surface area contributed by atoms with Crippen LogP contribution in [-0.4, -0.2) is 0 Å². The van der Waals surface area contributed by atoms with Gasteiger partial charge in [-0.2, -0.15) is 0 Å². The Bertz CT molecular complexity index is 3970. The zero-order chi connectivity index (χ0) is 45.7. The molecule has 0 unspecified atom stereocenters. The Kier molecular flexibility index (Phi) is 9.23. The largest absolute Gasteiger partial charge is 0.456 e. The van der Waals surface area contributed by atoms with Gasteiger partial charge in [0.1, 0.15) is 34.0 Å². The van der Waals surface area contributed by atoms with E-state index in [0.717, 1.165) is 99.5 Å². The fourth-order valence-corrected chi connectivity index (χ4v) is 12.1. The van der Waals surface area contributed by atoms with Crippen molar-refractivity contribution in [2.24, 2.45) is 0 Å². The molecule has 0 amide bonds. The molecular weight excluding hydrogens is 859 g/mol. The first-order chi connectivity index (χ1) is 34.0. The van der Waals surface area contributed by atoms with Gasteiger partial charge >= 0.3 is 0 Å². The monoisotopic (exact) mass is 904 g/mol. The normalized spacial score (nSPS) is 14.8. The van der Waals surface area contributed by atoms with E-state index in [-0.39, 0.29) is 11.6 Å². The first-order valence-electron chi connectivity index (χ1n) is 24.4. The maximum absolute atomic E-state index is 14.8. The molecule has 0 N–H and O–H groups in total. The average molecular weight is 905 g/mol. The third-order valence-corrected chi connectivity index (χ3v) is 15.2. The number of furan rings is 3. The number of rotatable bonds is 8. The summed E-state index contributed by atoms with van der Waals surface area (Å²) < 4.78 is 50.4. The topological polar surface area (TPSA) is 45.9 Å². The lowest BCUT2D eigenvalue weighted by Crippen LogP contribution is -2.11. The van der Waals surface area contributed by atoms with Crippen LogP contribution in [0.4, 0.5) is 42.9 Å². The molecule has 0 bridgehead atoms. The SMILES string of the molecule is Fc1ccc(N(c2ccc3c(c2)oc2cc(N(c4ccc(F)cc4)c4cccc5c4oc4c(C6CCCC6)cccc45)c4ccccc4c23)c2cccc3c2oc2c(C4CCCC4)cccc23)cc1. The second-order valence-electron chi connectivity index (χ2n) is 19.1. The van der Waals surface area contributed by atoms with E-state index in [2.05, 4.69) is 131 Å². The molecule has 0 aliphatic heterocycles. The molecule has 2 aliphatic carbocycles. The number of halogens is 2. The highest BCUT2D eigenvalue weighted by Crippen LogP contribution is 2.51. The van der Waals surface area contributed by atoms with Gasteiger partial charge in [0.2, 0.25) is 0 Å². The smallest absolute Gasteiger partial charge is 0.159 e. The molecule has 0 radical (unpaired) electrons. The zero-order valence-corrected chi connectivity index (χ0v) is 37.9. The van der Waals surface area contributed by atoms with Gasteiger partial charge in [0.15, 0.2) is 11.2 Å². The van der Waals surface area contributed by atoms with Crippen LogP contribution in [0.15, 0.2) is 183 Å². The summed E-state index contributed by atoms with van der Waals surface area (Å²) in [6, 6.07) is 55.9. The Morgan fingerprint density at radius 1 is 0.348 bits per heavy atom. The van der Waals surface area contributed by atoms with Crippen molar-refractivity contribution in [3.05, 3.63) is 193 Å². The Balaban J connectivity index is 0.966. The summed E-state index contributed by atoms with van der Waals surface area (Å²) in [5, 5.41) is 8.25. The first kappa shape index (κ1) is 40.2. The number of nitrogens with zero attached hydrogens (tertiary/aromatic N) is 2. The van der Waals surface area contributed by atoms with E-state index >= 15 is 0 Å². The van der Waals surface area contributed by atoms with Gasteiger partial charge in [-0.25, -0.2) is 8.78 Å². The molecule has 9 aromatic carbocycles. The number of para-hydroxylation sites is 4. The fourth-order valence-electron chi connectivity index (χ4n) is 12.1. The van der Waals surface area contributed by atoms with Crippen LogP contribution >= 0.6 is 0 Å². The summed E-state index contributed by atoms with van der Waals surface area (Å²) in [6.07, 6.45) is 9.60. The van der Waals surface area contributed by atoms with Crippen molar-refractivity contribution in [2.75, 3.05) is 9.80 Å². The third kappa shape index (κ3) is 6.40. The third-order valence-electron chi connectivity index (χ3n) is 15.2. The van der Waals surface area contributed by atoms with E-state index in [1.807, 2.05) is 24.3 Å². The van der Waals surface area contributed by atoms with Gasteiger partial charge in [0, 0.05) is 61.2 Å². The summed E-state index contributed by atoms with van der Waals surface area (Å²) in [4.78, 5) is 4.32. The lowest BCUT2D eigenvalue weighted by molar-refractivity contribution is 0.627. The molecule has 2 aliphatic rings. The molecule has 5 nitrogen and oxygen atoms in total. The van der Waals surface area contributed by atoms with E-state index in [4.69, 9.17) is 13.3 Å². The summed E-state index contributed by atoms with van der Waals surface area (Å²) in [5.74, 6) is 0.337. The van der Waals surface area contributed by atoms with Gasteiger partial charge in [-0.15, -0.1) is 0 Å². The van der Waals surface area contributed by atoms with Gasteiger partial charge in [-0.05, 0) is 127 Å². The molecule has 3 heterocycles. The Morgan fingerprint density at radius 3 is 1.38 bits per heavy atom. The minimum Gasteiger partial charge on any atom is -0.456 e. The second-order valence-corrected chi connectivity index (χ2v) is 19.1. The molecule has 2 saturated carbocycles. The Labute approximate surface area is 396 Å². The van der Waals surface area contributed by atoms with E-state index in [9.17, 15) is 8.78 Å². The van der Waals surface area contributed by atoms with Crippen molar-refractivity contribution in [3.63, 3.8) is 0 Å². The molecule has 7 heteroatoms. The van der Waals surface area contributed by atoms with Crippen LogP contribution < -0.4 is 9.80 Å². The number of fused-ring (bicyclic) bond motifs is 11. The highest BCUT2D eigenvalue weighted by atomic mass is 19.1. The maximum atomic E-state index is 14.8. The Hall–Kier alpha value is -7.90. The van der Waals surface area contributed by atoms with E-state index in [1.54, 1.807) is 0 Å². The molecule has 0 atom stereocenters. The summed E-state index contributed by atoms with van der Waals surface area (Å²) in [7, 11) is 0. The van der Waals surface area contributed by atoms with Crippen LogP contribution in [0.3, 0.4) is 0 Å². The molecule has 14 rings (SSSR count). The van der Waals surface area contributed by atoms with Crippen LogP contribution in [0.5, 0.6) is 0 Å². The van der Waals surface area contributed by atoms with Crippen molar-refractivity contribution >= 4 is 111 Å². The first-order valence-corrected chi connectivity index (χ1v) is 24.4. The Morgan fingerprint density at radius 2 is 0.812 bits per heavy atom. The van der Waals surface area contributed by atoms with Crippen LogP contribution in [0.25, 0.3) is 76.6 Å². The number of hydrogen-bond donors (Lipinski definition) is 0. The number of anilines is 6. The summed E-state index contributed by atoms with van der Waals surface area (Å²) >= 11 is 0. The predicted molar refractivity (Wildman–Crippen MR) is 277 cm³/mol. The average Bonchev–Trinajstić information content (AvgIpc) is 4.25. The highest BCUT2D eigenvalue weighted by Gasteiger charge is 2.28. The molecule has 336 valence electrons.